The average molecular weight is 278 g/mol. The third-order valence-electron chi connectivity index (χ3n) is 3.85. The largest absolute Gasteiger partial charge is 0.481 e. The van der Waals surface area contributed by atoms with Crippen LogP contribution in [0.25, 0.3) is 0 Å². The minimum atomic E-state index is -0.916. The number of aromatic nitrogens is 1. The Morgan fingerprint density at radius 3 is 2.70 bits per heavy atom. The van der Waals surface area contributed by atoms with E-state index in [0.717, 1.165) is 5.56 Å². The first-order chi connectivity index (χ1) is 9.37. The van der Waals surface area contributed by atoms with Crippen LogP contribution in [0.4, 0.5) is 0 Å². The molecule has 1 fully saturated rings. The standard InChI is InChI=1S/C14H18N2O4/c1-14(2)10(11(14)13(18)19)12(17)16-7-8-4-5-15-9(6-8)20-3/h4-6,10-11H,7H2,1-3H3,(H,16,17)(H,18,19)/t10-,11+/m1/s1. The summed E-state index contributed by atoms with van der Waals surface area (Å²) >= 11 is 0. The zero-order valence-electron chi connectivity index (χ0n) is 11.7. The molecule has 0 aliphatic heterocycles. The van der Waals surface area contributed by atoms with Crippen LogP contribution in [0.15, 0.2) is 18.3 Å². The highest BCUT2D eigenvalue weighted by Crippen LogP contribution is 2.58. The normalized spacial score (nSPS) is 22.9. The predicted molar refractivity (Wildman–Crippen MR) is 71.0 cm³/mol. The lowest BCUT2D eigenvalue weighted by Gasteiger charge is -2.07. The van der Waals surface area contributed by atoms with Crippen molar-refractivity contribution in [3.05, 3.63) is 23.9 Å². The Kier molecular flexibility index (Phi) is 3.65. The number of carbonyl (C=O) groups is 2. The van der Waals surface area contributed by atoms with Gasteiger partial charge in [0.25, 0.3) is 0 Å². The molecule has 1 saturated carbocycles. The minimum Gasteiger partial charge on any atom is -0.481 e. The predicted octanol–water partition coefficient (Wildman–Crippen LogP) is 1.06. The highest BCUT2D eigenvalue weighted by Gasteiger charge is 2.65. The first-order valence-corrected chi connectivity index (χ1v) is 6.37. The fourth-order valence-corrected chi connectivity index (χ4v) is 2.56. The van der Waals surface area contributed by atoms with E-state index in [1.54, 1.807) is 32.2 Å². The number of amides is 1. The molecule has 0 unspecified atom stereocenters. The average Bonchev–Trinajstić information content (AvgIpc) is 2.99. The molecule has 0 spiro atoms. The van der Waals surface area contributed by atoms with Crippen LogP contribution in [0.5, 0.6) is 5.88 Å². The van der Waals surface area contributed by atoms with Gasteiger partial charge in [-0.3, -0.25) is 9.59 Å². The number of hydrogen-bond donors (Lipinski definition) is 2. The summed E-state index contributed by atoms with van der Waals surface area (Å²) in [6.07, 6.45) is 1.60. The van der Waals surface area contributed by atoms with Crippen LogP contribution in [-0.4, -0.2) is 29.1 Å². The number of ether oxygens (including phenoxy) is 1. The molecule has 2 atom stereocenters. The van der Waals surface area contributed by atoms with Gasteiger partial charge < -0.3 is 15.2 Å². The van der Waals surface area contributed by atoms with E-state index in [1.165, 1.54) is 7.11 Å². The number of methoxy groups -OCH3 is 1. The third-order valence-corrected chi connectivity index (χ3v) is 3.85. The quantitative estimate of drug-likeness (QED) is 0.841. The van der Waals surface area contributed by atoms with Crippen molar-refractivity contribution in [2.75, 3.05) is 7.11 Å². The van der Waals surface area contributed by atoms with Crippen LogP contribution in [0, 0.1) is 17.3 Å². The van der Waals surface area contributed by atoms with E-state index < -0.39 is 23.2 Å². The minimum absolute atomic E-state index is 0.224. The highest BCUT2D eigenvalue weighted by molar-refractivity contribution is 5.91. The van der Waals surface area contributed by atoms with Gasteiger partial charge in [0.15, 0.2) is 0 Å². The number of rotatable bonds is 5. The topological polar surface area (TPSA) is 88.5 Å². The molecule has 108 valence electrons. The summed E-state index contributed by atoms with van der Waals surface area (Å²) in [5, 5.41) is 11.8. The van der Waals surface area contributed by atoms with E-state index in [0.29, 0.717) is 12.4 Å². The molecule has 1 aromatic heterocycles. The van der Waals surface area contributed by atoms with Gasteiger partial charge in [0.2, 0.25) is 11.8 Å². The molecule has 20 heavy (non-hydrogen) atoms. The number of aliphatic carboxylic acids is 1. The molecule has 1 heterocycles. The second kappa shape index (κ2) is 5.11. The summed E-state index contributed by atoms with van der Waals surface area (Å²) < 4.78 is 5.00. The van der Waals surface area contributed by atoms with Gasteiger partial charge >= 0.3 is 5.97 Å². The number of pyridine rings is 1. The van der Waals surface area contributed by atoms with Crippen molar-refractivity contribution in [1.82, 2.24) is 10.3 Å². The lowest BCUT2D eigenvalue weighted by molar-refractivity contribution is -0.140. The lowest BCUT2D eigenvalue weighted by atomic mass is 10.1. The van der Waals surface area contributed by atoms with E-state index in [2.05, 4.69) is 10.3 Å². The summed E-state index contributed by atoms with van der Waals surface area (Å²) in [4.78, 5) is 27.1. The van der Waals surface area contributed by atoms with Gasteiger partial charge in [-0.05, 0) is 17.0 Å². The number of nitrogens with one attached hydrogen (secondary N) is 1. The second-order valence-corrected chi connectivity index (χ2v) is 5.54. The molecule has 2 N–H and O–H groups in total. The van der Waals surface area contributed by atoms with Crippen molar-refractivity contribution in [3.8, 4) is 5.88 Å². The Morgan fingerprint density at radius 2 is 2.15 bits per heavy atom. The Hall–Kier alpha value is -2.11. The fourth-order valence-electron chi connectivity index (χ4n) is 2.56. The molecule has 1 aromatic rings. The van der Waals surface area contributed by atoms with Crippen LogP contribution in [0.2, 0.25) is 0 Å². The molecule has 1 aliphatic carbocycles. The molecule has 1 aliphatic rings. The van der Waals surface area contributed by atoms with Crippen LogP contribution >= 0.6 is 0 Å². The van der Waals surface area contributed by atoms with Gasteiger partial charge in [-0.15, -0.1) is 0 Å². The van der Waals surface area contributed by atoms with Gasteiger partial charge in [-0.1, -0.05) is 13.8 Å². The first-order valence-electron chi connectivity index (χ1n) is 6.37. The SMILES string of the molecule is COc1cc(CNC(=O)[C@H]2[C@@H](C(=O)O)C2(C)C)ccn1. The second-order valence-electron chi connectivity index (χ2n) is 5.54. The Bertz CT molecular complexity index is 542. The van der Waals surface area contributed by atoms with Crippen molar-refractivity contribution in [2.24, 2.45) is 17.3 Å². The van der Waals surface area contributed by atoms with Crippen LogP contribution in [0.1, 0.15) is 19.4 Å². The maximum atomic E-state index is 12.0. The zero-order valence-corrected chi connectivity index (χ0v) is 11.7. The van der Waals surface area contributed by atoms with Gasteiger partial charge in [-0.25, -0.2) is 4.98 Å². The Labute approximate surface area is 117 Å². The van der Waals surface area contributed by atoms with E-state index in [4.69, 9.17) is 9.84 Å². The summed E-state index contributed by atoms with van der Waals surface area (Å²) in [7, 11) is 1.52. The van der Waals surface area contributed by atoms with E-state index in [9.17, 15) is 9.59 Å². The molecular weight excluding hydrogens is 260 g/mol. The molecule has 0 radical (unpaired) electrons. The van der Waals surface area contributed by atoms with Gasteiger partial charge in [0.1, 0.15) is 0 Å². The first kappa shape index (κ1) is 14.3. The van der Waals surface area contributed by atoms with Gasteiger partial charge in [0, 0.05) is 18.8 Å². The smallest absolute Gasteiger partial charge is 0.307 e. The maximum Gasteiger partial charge on any atom is 0.307 e. The van der Waals surface area contributed by atoms with Crippen LogP contribution < -0.4 is 10.1 Å². The van der Waals surface area contributed by atoms with Crippen LogP contribution in [0.3, 0.4) is 0 Å². The van der Waals surface area contributed by atoms with E-state index in [1.807, 2.05) is 0 Å². The summed E-state index contributed by atoms with van der Waals surface area (Å²) in [6.45, 7) is 3.92. The highest BCUT2D eigenvalue weighted by atomic mass is 16.5. The molecule has 1 amide bonds. The third kappa shape index (κ3) is 2.59. The maximum absolute atomic E-state index is 12.0. The van der Waals surface area contributed by atoms with Crippen molar-refractivity contribution < 1.29 is 19.4 Å². The monoisotopic (exact) mass is 278 g/mol. The lowest BCUT2D eigenvalue weighted by Crippen LogP contribution is -2.26. The number of hydrogen-bond acceptors (Lipinski definition) is 4. The number of carboxylic acid groups (broad SMARTS) is 1. The zero-order chi connectivity index (χ0) is 14.9. The molecular formula is C14H18N2O4. The van der Waals surface area contributed by atoms with Gasteiger partial charge in [-0.2, -0.15) is 0 Å². The number of carboxylic acids is 1. The summed E-state index contributed by atoms with van der Waals surface area (Å²) in [5.74, 6) is -1.73. The Balaban J connectivity index is 1.95. The number of nitrogens with zero attached hydrogens (tertiary/aromatic N) is 1. The molecule has 0 saturated heterocycles. The molecule has 6 nitrogen and oxygen atoms in total. The number of carbonyl (C=O) groups excluding carboxylic acids is 1. The van der Waals surface area contributed by atoms with E-state index >= 15 is 0 Å². The molecule has 2 rings (SSSR count). The van der Waals surface area contributed by atoms with Crippen LogP contribution in [-0.2, 0) is 16.1 Å². The molecule has 0 aromatic carbocycles. The van der Waals surface area contributed by atoms with E-state index in [-0.39, 0.29) is 5.91 Å². The Morgan fingerprint density at radius 1 is 1.45 bits per heavy atom. The molecule has 6 heteroatoms. The molecule has 0 bridgehead atoms. The van der Waals surface area contributed by atoms with Crippen molar-refractivity contribution in [3.63, 3.8) is 0 Å². The van der Waals surface area contributed by atoms with Gasteiger partial charge in [0.05, 0.1) is 18.9 Å². The fraction of sp³-hybridized carbons (Fsp3) is 0.500. The van der Waals surface area contributed by atoms with Crippen molar-refractivity contribution >= 4 is 11.9 Å². The van der Waals surface area contributed by atoms with Crippen molar-refractivity contribution in [2.45, 2.75) is 20.4 Å². The summed E-state index contributed by atoms with van der Waals surface area (Å²) in [6, 6.07) is 3.50. The van der Waals surface area contributed by atoms with Crippen molar-refractivity contribution in [1.29, 1.82) is 0 Å². The summed E-state index contributed by atoms with van der Waals surface area (Å²) in [5.41, 5.74) is 0.377.